The number of nitrogens with zero attached hydrogens (tertiary/aromatic N) is 2. The lowest BCUT2D eigenvalue weighted by molar-refractivity contribution is -0.112. The van der Waals surface area contributed by atoms with E-state index in [1.54, 1.807) is 0 Å². The lowest BCUT2D eigenvalue weighted by atomic mass is 9.43. The van der Waals surface area contributed by atoms with Crippen LogP contribution in [-0.2, 0) is 21.7 Å². The topological polar surface area (TPSA) is 65.2 Å². The molecule has 242 valence electrons. The molecule has 2 aromatic rings. The zero-order valence-electron chi connectivity index (χ0n) is 30.2. The number of rotatable bonds is 5. The van der Waals surface area contributed by atoms with Gasteiger partial charge in [0, 0.05) is 34.7 Å². The molecule has 2 bridgehead atoms. The predicted octanol–water partition coefficient (Wildman–Crippen LogP) is 10.0. The van der Waals surface area contributed by atoms with Crippen molar-refractivity contribution >= 4 is 12.4 Å². The Bertz CT molecular complexity index is 1450. The molecule has 3 aliphatic rings. The number of benzene rings is 2. The molecule has 3 saturated carbocycles. The van der Waals surface area contributed by atoms with Crippen LogP contribution in [0, 0.1) is 17.3 Å². The zero-order chi connectivity index (χ0) is 33.3. The predicted molar refractivity (Wildman–Crippen MR) is 188 cm³/mol. The van der Waals surface area contributed by atoms with Crippen molar-refractivity contribution in [3.05, 3.63) is 57.6 Å². The monoisotopic (exact) mass is 600 g/mol. The number of hydrogen-bond acceptors (Lipinski definition) is 4. The molecule has 44 heavy (non-hydrogen) atoms. The summed E-state index contributed by atoms with van der Waals surface area (Å²) in [5.41, 5.74) is 5.21. The quantitative estimate of drug-likeness (QED) is 0.335. The number of aliphatic imine (C=N–C) groups is 2. The lowest BCUT2D eigenvalue weighted by Crippen LogP contribution is -2.61. The van der Waals surface area contributed by atoms with E-state index in [-0.39, 0.29) is 32.6 Å². The highest BCUT2D eigenvalue weighted by molar-refractivity contribution is 5.86. The Kier molecular flexibility index (Phi) is 8.58. The fourth-order valence-corrected chi connectivity index (χ4v) is 7.42. The molecule has 0 aliphatic heterocycles. The summed E-state index contributed by atoms with van der Waals surface area (Å²) in [4.78, 5) is 10.5. The number of fused-ring (bicyclic) bond motifs is 2. The first-order chi connectivity index (χ1) is 19.9. The molecule has 4 nitrogen and oxygen atoms in total. The van der Waals surface area contributed by atoms with Gasteiger partial charge in [0.2, 0.25) is 0 Å². The second kappa shape index (κ2) is 11.0. The highest BCUT2D eigenvalue weighted by atomic mass is 16.3. The molecule has 3 atom stereocenters. The average molecular weight is 601 g/mol. The van der Waals surface area contributed by atoms with Crippen molar-refractivity contribution in [2.75, 3.05) is 6.54 Å². The number of phenols is 2. The van der Waals surface area contributed by atoms with Gasteiger partial charge in [-0.15, -0.1) is 0 Å². The molecule has 3 fully saturated rings. The van der Waals surface area contributed by atoms with Crippen molar-refractivity contribution in [2.45, 2.75) is 143 Å². The SMILES string of the molecule is CC(C)(C)c1cc(C=NCC2(N=Cc3cc(C(C)(C)C)cc(C(C)(C)C)c3O)CC[C@@H]3CC2C3(C)C)c(O)c(C(C)(C)C)c1. The summed E-state index contributed by atoms with van der Waals surface area (Å²) in [5, 5.41) is 22.9. The van der Waals surface area contributed by atoms with E-state index in [1.807, 2.05) is 12.4 Å². The van der Waals surface area contributed by atoms with E-state index in [9.17, 15) is 10.2 Å². The van der Waals surface area contributed by atoms with Gasteiger partial charge in [-0.25, -0.2) is 0 Å². The van der Waals surface area contributed by atoms with Crippen LogP contribution in [0.4, 0.5) is 0 Å². The van der Waals surface area contributed by atoms with Crippen LogP contribution >= 0.6 is 0 Å². The Morgan fingerprint density at radius 2 is 1.16 bits per heavy atom. The van der Waals surface area contributed by atoms with Gasteiger partial charge in [0.05, 0.1) is 12.1 Å². The van der Waals surface area contributed by atoms with Crippen LogP contribution < -0.4 is 0 Å². The fraction of sp³-hybridized carbons (Fsp3) is 0.650. The minimum atomic E-state index is -0.356. The van der Waals surface area contributed by atoms with Gasteiger partial charge in [0.1, 0.15) is 11.5 Å². The van der Waals surface area contributed by atoms with E-state index in [2.05, 4.69) is 121 Å². The minimum absolute atomic E-state index is 0.0500. The van der Waals surface area contributed by atoms with Crippen molar-refractivity contribution in [3.63, 3.8) is 0 Å². The highest BCUT2D eigenvalue weighted by Gasteiger charge is 2.61. The highest BCUT2D eigenvalue weighted by Crippen LogP contribution is 2.64. The number of hydrogen-bond donors (Lipinski definition) is 2. The van der Waals surface area contributed by atoms with E-state index in [0.29, 0.717) is 24.0 Å². The van der Waals surface area contributed by atoms with Crippen LogP contribution in [0.25, 0.3) is 0 Å². The molecular formula is C40H60N2O2. The van der Waals surface area contributed by atoms with Gasteiger partial charge in [-0.05, 0) is 81.4 Å². The Balaban J connectivity index is 1.79. The zero-order valence-corrected chi connectivity index (χ0v) is 30.2. The first-order valence-corrected chi connectivity index (χ1v) is 16.7. The van der Waals surface area contributed by atoms with Crippen molar-refractivity contribution in [2.24, 2.45) is 27.2 Å². The third kappa shape index (κ3) is 6.51. The summed E-state index contributed by atoms with van der Waals surface area (Å²) in [6, 6.07) is 8.53. The largest absolute Gasteiger partial charge is 0.507 e. The molecule has 5 rings (SSSR count). The average Bonchev–Trinajstić information content (AvgIpc) is 2.86. The summed E-state index contributed by atoms with van der Waals surface area (Å²) >= 11 is 0. The molecule has 3 aliphatic carbocycles. The van der Waals surface area contributed by atoms with Gasteiger partial charge in [-0.2, -0.15) is 0 Å². The summed E-state index contributed by atoms with van der Waals surface area (Å²) in [6.45, 7) is 31.5. The Hall–Kier alpha value is -2.62. The molecule has 4 heteroatoms. The molecule has 0 heterocycles. The maximum Gasteiger partial charge on any atom is 0.128 e. The molecule has 0 saturated heterocycles. The minimum Gasteiger partial charge on any atom is -0.507 e. The van der Waals surface area contributed by atoms with E-state index >= 15 is 0 Å². The molecule has 0 aromatic heterocycles. The maximum absolute atomic E-state index is 11.5. The third-order valence-corrected chi connectivity index (χ3v) is 10.7. The molecule has 0 radical (unpaired) electrons. The Morgan fingerprint density at radius 1 is 0.705 bits per heavy atom. The van der Waals surface area contributed by atoms with Crippen LogP contribution in [-0.4, -0.2) is 34.7 Å². The number of aromatic hydroxyl groups is 2. The summed E-state index contributed by atoms with van der Waals surface area (Å²) in [6.07, 6.45) is 7.10. The van der Waals surface area contributed by atoms with Crippen LogP contribution in [0.5, 0.6) is 11.5 Å². The van der Waals surface area contributed by atoms with E-state index in [1.165, 1.54) is 17.5 Å². The van der Waals surface area contributed by atoms with Crippen LogP contribution in [0.15, 0.2) is 34.3 Å². The van der Waals surface area contributed by atoms with Gasteiger partial charge in [-0.1, -0.05) is 109 Å². The van der Waals surface area contributed by atoms with Crippen LogP contribution in [0.1, 0.15) is 150 Å². The summed E-state index contributed by atoms with van der Waals surface area (Å²) < 4.78 is 0. The van der Waals surface area contributed by atoms with Crippen molar-refractivity contribution < 1.29 is 10.2 Å². The Labute approximate surface area is 268 Å². The standard InChI is InChI=1S/C40H60N2O2/c1-35(2,3)28-17-25(33(43)30(19-28)37(7,8)9)22-41-24-40(16-15-27-21-32(40)39(27,13)14)42-23-26-18-29(36(4,5)6)20-31(34(26)44)38(10,11)12/h17-20,22-23,27,32,43-44H,15-16,21,24H2,1-14H3/t27-,32?,40?/m1/s1. The van der Waals surface area contributed by atoms with Gasteiger partial charge in [-0.3, -0.25) is 9.98 Å². The maximum atomic E-state index is 11.5. The molecule has 2 unspecified atom stereocenters. The van der Waals surface area contributed by atoms with Crippen molar-refractivity contribution in [1.82, 2.24) is 0 Å². The number of phenolic OH excluding ortho intramolecular Hbond substituents is 2. The van der Waals surface area contributed by atoms with E-state index in [4.69, 9.17) is 9.98 Å². The van der Waals surface area contributed by atoms with Gasteiger partial charge >= 0.3 is 0 Å². The van der Waals surface area contributed by atoms with Gasteiger partial charge < -0.3 is 10.2 Å². The molecule has 0 spiro atoms. The van der Waals surface area contributed by atoms with Gasteiger partial charge in [0.25, 0.3) is 0 Å². The first-order valence-electron chi connectivity index (χ1n) is 16.7. The second-order valence-corrected chi connectivity index (χ2v) is 18.6. The van der Waals surface area contributed by atoms with Crippen molar-refractivity contribution in [3.8, 4) is 11.5 Å². The normalized spacial score (nSPS) is 24.2. The molecule has 2 aromatic carbocycles. The lowest BCUT2D eigenvalue weighted by Gasteiger charge is -2.63. The second-order valence-electron chi connectivity index (χ2n) is 18.6. The van der Waals surface area contributed by atoms with Crippen molar-refractivity contribution in [1.29, 1.82) is 0 Å². The molecule has 0 amide bonds. The fourth-order valence-electron chi connectivity index (χ4n) is 7.42. The summed E-state index contributed by atoms with van der Waals surface area (Å²) in [5.74, 6) is 1.79. The summed E-state index contributed by atoms with van der Waals surface area (Å²) in [7, 11) is 0. The van der Waals surface area contributed by atoms with Crippen LogP contribution in [0.3, 0.4) is 0 Å². The van der Waals surface area contributed by atoms with E-state index in [0.717, 1.165) is 41.0 Å². The smallest absolute Gasteiger partial charge is 0.128 e. The first kappa shape index (κ1) is 34.3. The van der Waals surface area contributed by atoms with Crippen LogP contribution in [0.2, 0.25) is 0 Å². The van der Waals surface area contributed by atoms with Gasteiger partial charge in [0.15, 0.2) is 0 Å². The third-order valence-electron chi connectivity index (χ3n) is 10.7. The Morgan fingerprint density at radius 3 is 1.55 bits per heavy atom. The molecular weight excluding hydrogens is 540 g/mol. The molecule has 2 N–H and O–H groups in total. The van der Waals surface area contributed by atoms with E-state index < -0.39 is 0 Å².